The van der Waals surface area contributed by atoms with Crippen molar-refractivity contribution in [3.05, 3.63) is 28.2 Å². The van der Waals surface area contributed by atoms with Gasteiger partial charge in [0.1, 0.15) is 18.8 Å². The van der Waals surface area contributed by atoms with E-state index in [9.17, 15) is 19.7 Å². The maximum absolute atomic E-state index is 10.7. The Morgan fingerprint density at radius 3 is 2.65 bits per heavy atom. The molecule has 1 unspecified atom stereocenters. The van der Waals surface area contributed by atoms with Crippen molar-refractivity contribution in [2.75, 3.05) is 31.8 Å². The van der Waals surface area contributed by atoms with Gasteiger partial charge in [-0.3, -0.25) is 4.79 Å². The van der Waals surface area contributed by atoms with Crippen LogP contribution < -0.4 is 0 Å². The third kappa shape index (κ3) is 9.67. The molecule has 0 aliphatic carbocycles. The lowest BCUT2D eigenvalue weighted by molar-refractivity contribution is -0.761. The van der Waals surface area contributed by atoms with Crippen LogP contribution in [0.1, 0.15) is 12.8 Å². The number of hydrogen-bond acceptors (Lipinski definition) is 8. The number of rotatable bonds is 14. The first kappa shape index (κ1) is 21.1. The summed E-state index contributed by atoms with van der Waals surface area (Å²) in [5.74, 6) is 1.23. The van der Waals surface area contributed by atoms with E-state index in [0.29, 0.717) is 30.7 Å². The first-order valence-corrected chi connectivity index (χ1v) is 7.68. The van der Waals surface area contributed by atoms with E-state index in [1.807, 2.05) is 0 Å². The van der Waals surface area contributed by atoms with Crippen molar-refractivity contribution in [2.45, 2.75) is 12.8 Å². The average molecular weight is 396 g/mol. The van der Waals surface area contributed by atoms with E-state index in [1.54, 1.807) is 5.94 Å². The van der Waals surface area contributed by atoms with Gasteiger partial charge in [-0.05, 0) is 12.8 Å². The zero-order valence-electron chi connectivity index (χ0n) is 12.3. The van der Waals surface area contributed by atoms with Crippen LogP contribution in [0.2, 0.25) is 0 Å². The van der Waals surface area contributed by atoms with Gasteiger partial charge in [-0.25, -0.2) is 4.79 Å². The van der Waals surface area contributed by atoms with Crippen LogP contribution in [0.25, 0.3) is 0 Å². The minimum atomic E-state index is -0.936. The number of aliphatic hydroxyl groups excluding tert-OH is 1. The third-order valence-corrected chi connectivity index (χ3v) is 3.36. The van der Waals surface area contributed by atoms with E-state index < -0.39 is 10.5 Å². The van der Waals surface area contributed by atoms with Gasteiger partial charge in [-0.15, -0.1) is 10.1 Å². The molecule has 1 atom stereocenters. The van der Waals surface area contributed by atoms with Gasteiger partial charge >= 0.3 is 0 Å². The molecular weight excluding hydrogens is 378 g/mol. The standard InChI is InChI=1S/C13H18BrNO8/c14-4-1-3-13(11-23-15(19)20,9-21-6-2-5-16)10-22-12(7-17)8-18/h2,7-8,17H,1,3-4,6,9-11H2/b12-7-. The Morgan fingerprint density at radius 2 is 2.13 bits per heavy atom. The van der Waals surface area contributed by atoms with Gasteiger partial charge in [0.25, 0.3) is 5.09 Å². The summed E-state index contributed by atoms with van der Waals surface area (Å²) in [5.41, 5.74) is -0.936. The second-order valence-electron chi connectivity index (χ2n) is 4.56. The van der Waals surface area contributed by atoms with Gasteiger partial charge in [0, 0.05) is 11.4 Å². The molecule has 0 heterocycles. The number of aliphatic hydroxyl groups is 1. The summed E-state index contributed by atoms with van der Waals surface area (Å²) in [6, 6.07) is 0. The molecule has 10 heteroatoms. The van der Waals surface area contributed by atoms with Gasteiger partial charge in [-0.2, -0.15) is 0 Å². The second kappa shape index (κ2) is 12.6. The van der Waals surface area contributed by atoms with Crippen LogP contribution in [0, 0.1) is 15.5 Å². The van der Waals surface area contributed by atoms with Gasteiger partial charge in [0.2, 0.25) is 0 Å². The molecule has 9 nitrogen and oxygen atoms in total. The summed E-state index contributed by atoms with van der Waals surface area (Å²) in [6.07, 6.45) is 2.98. The van der Waals surface area contributed by atoms with Crippen molar-refractivity contribution in [1.82, 2.24) is 0 Å². The molecule has 1 N–H and O–H groups in total. The molecule has 23 heavy (non-hydrogen) atoms. The zero-order chi connectivity index (χ0) is 17.6. The summed E-state index contributed by atoms with van der Waals surface area (Å²) in [6.45, 7) is -0.503. The van der Waals surface area contributed by atoms with E-state index in [4.69, 9.17) is 14.6 Å². The number of nitrogens with zero attached hydrogens (tertiary/aromatic N) is 1. The summed E-state index contributed by atoms with van der Waals surface area (Å²) >= 11 is 3.26. The average Bonchev–Trinajstić information content (AvgIpc) is 2.55. The molecule has 0 saturated heterocycles. The fourth-order valence-corrected chi connectivity index (χ4v) is 1.96. The number of carbonyl (C=O) groups excluding carboxylic acids is 2. The van der Waals surface area contributed by atoms with Crippen molar-refractivity contribution in [3.63, 3.8) is 0 Å². The Labute approximate surface area is 141 Å². The van der Waals surface area contributed by atoms with E-state index >= 15 is 0 Å². The summed E-state index contributed by atoms with van der Waals surface area (Å²) in [5, 5.41) is 19.0. The largest absolute Gasteiger partial charge is 0.512 e. The third-order valence-electron chi connectivity index (χ3n) is 2.80. The molecule has 0 amide bonds. The predicted octanol–water partition coefficient (Wildman–Crippen LogP) is 1.38. The molecule has 0 aliphatic rings. The predicted molar refractivity (Wildman–Crippen MR) is 82.2 cm³/mol. The van der Waals surface area contributed by atoms with Crippen LogP contribution in [0.15, 0.2) is 18.1 Å². The first-order chi connectivity index (χ1) is 11.0. The number of alkyl halides is 1. The Kier molecular flexibility index (Phi) is 11.6. The lowest BCUT2D eigenvalue weighted by Gasteiger charge is -2.32. The molecule has 0 aromatic heterocycles. The molecule has 0 saturated carbocycles. The van der Waals surface area contributed by atoms with E-state index in [0.717, 1.165) is 6.08 Å². The Hall–Kier alpha value is -1.90. The molecule has 0 bridgehead atoms. The Morgan fingerprint density at radius 1 is 1.39 bits per heavy atom. The molecule has 0 aliphatic heterocycles. The lowest BCUT2D eigenvalue weighted by Crippen LogP contribution is -2.38. The normalized spacial score (nSPS) is 13.5. The Balaban J connectivity index is 5.03. The molecule has 0 aromatic carbocycles. The van der Waals surface area contributed by atoms with Crippen molar-refractivity contribution in [2.24, 2.45) is 5.41 Å². The number of ether oxygens (including phenoxy) is 2. The smallest absolute Gasteiger partial charge is 0.294 e. The van der Waals surface area contributed by atoms with Crippen LogP contribution in [-0.2, 0) is 23.9 Å². The van der Waals surface area contributed by atoms with Crippen LogP contribution in [-0.4, -0.2) is 54.2 Å². The van der Waals surface area contributed by atoms with Gasteiger partial charge < -0.3 is 19.4 Å². The van der Waals surface area contributed by atoms with Crippen LogP contribution >= 0.6 is 15.9 Å². The summed E-state index contributed by atoms with van der Waals surface area (Å²) in [4.78, 5) is 35.7. The van der Waals surface area contributed by atoms with E-state index in [-0.39, 0.29) is 32.2 Å². The zero-order valence-corrected chi connectivity index (χ0v) is 13.9. The molecular formula is C13H18BrNO8. The van der Waals surface area contributed by atoms with Crippen molar-refractivity contribution in [1.29, 1.82) is 0 Å². The highest BCUT2D eigenvalue weighted by Gasteiger charge is 2.33. The van der Waals surface area contributed by atoms with Crippen molar-refractivity contribution >= 4 is 28.2 Å². The number of carbonyl (C=O) groups is 1. The molecule has 0 spiro atoms. The number of allylic oxidation sites excluding steroid dienone is 1. The SMILES string of the molecule is O=C=CCOCC(CCCBr)(CO/C(C=O)=C\O)CO[N+](=O)[O-]. The molecule has 0 rings (SSSR count). The maximum Gasteiger partial charge on any atom is 0.294 e. The van der Waals surface area contributed by atoms with Crippen molar-refractivity contribution < 1.29 is 34.1 Å². The highest BCUT2D eigenvalue weighted by atomic mass is 79.9. The van der Waals surface area contributed by atoms with E-state index in [1.165, 1.54) is 0 Å². The second-order valence-corrected chi connectivity index (χ2v) is 5.36. The van der Waals surface area contributed by atoms with Crippen LogP contribution in [0.3, 0.4) is 0 Å². The highest BCUT2D eigenvalue weighted by Crippen LogP contribution is 2.27. The van der Waals surface area contributed by atoms with Crippen LogP contribution in [0.5, 0.6) is 0 Å². The fraction of sp³-hybridized carbons (Fsp3) is 0.615. The minimum Gasteiger partial charge on any atom is -0.512 e. The number of hydrogen-bond donors (Lipinski definition) is 1. The van der Waals surface area contributed by atoms with Gasteiger partial charge in [0.15, 0.2) is 12.0 Å². The first-order valence-electron chi connectivity index (χ1n) is 6.56. The summed E-state index contributed by atoms with van der Waals surface area (Å²) < 4.78 is 10.4. The minimum absolute atomic E-state index is 0.0103. The quantitative estimate of drug-likeness (QED) is 0.0682. The monoisotopic (exact) mass is 395 g/mol. The Bertz CT molecular complexity index is 449. The number of aldehydes is 1. The lowest BCUT2D eigenvalue weighted by atomic mass is 9.86. The van der Waals surface area contributed by atoms with E-state index in [2.05, 4.69) is 20.8 Å². The van der Waals surface area contributed by atoms with Crippen molar-refractivity contribution in [3.8, 4) is 0 Å². The highest BCUT2D eigenvalue weighted by molar-refractivity contribution is 9.09. The van der Waals surface area contributed by atoms with Gasteiger partial charge in [0.05, 0.1) is 25.2 Å². The maximum atomic E-state index is 10.7. The van der Waals surface area contributed by atoms with Gasteiger partial charge in [-0.1, -0.05) is 15.9 Å². The molecule has 0 fully saturated rings. The van der Waals surface area contributed by atoms with Crippen LogP contribution in [0.4, 0.5) is 0 Å². The fourth-order valence-electron chi connectivity index (χ4n) is 1.68. The number of halogens is 1. The molecule has 0 radical (unpaired) electrons. The molecule has 130 valence electrons. The molecule has 0 aromatic rings. The summed E-state index contributed by atoms with van der Waals surface area (Å²) in [7, 11) is 0. The topological polar surface area (TPSA) is 125 Å².